The van der Waals surface area contributed by atoms with Crippen molar-refractivity contribution in [3.8, 4) is 0 Å². The van der Waals surface area contributed by atoms with E-state index in [1.54, 1.807) is 0 Å². The van der Waals surface area contributed by atoms with Gasteiger partial charge in [0.15, 0.2) is 5.82 Å². The molecule has 2 rings (SSSR count). The van der Waals surface area contributed by atoms with Crippen molar-refractivity contribution in [3.63, 3.8) is 0 Å². The summed E-state index contributed by atoms with van der Waals surface area (Å²) < 4.78 is 0. The van der Waals surface area contributed by atoms with Crippen LogP contribution in [0.4, 0.5) is 11.5 Å². The van der Waals surface area contributed by atoms with Gasteiger partial charge < -0.3 is 21.5 Å². The third-order valence-electron chi connectivity index (χ3n) is 3.32. The molecule has 1 aliphatic rings. The molecule has 0 spiro atoms. The van der Waals surface area contributed by atoms with Gasteiger partial charge in [-0.2, -0.15) is 0 Å². The van der Waals surface area contributed by atoms with Gasteiger partial charge in [-0.25, -0.2) is 9.78 Å². The van der Waals surface area contributed by atoms with Crippen molar-refractivity contribution >= 4 is 23.4 Å². The van der Waals surface area contributed by atoms with Crippen LogP contribution in [0.5, 0.6) is 0 Å². The maximum atomic E-state index is 11.2. The third kappa shape index (κ3) is 2.59. The van der Waals surface area contributed by atoms with Crippen molar-refractivity contribution in [1.29, 1.82) is 0 Å². The lowest BCUT2D eigenvalue weighted by molar-refractivity contribution is -0.122. The van der Waals surface area contributed by atoms with Crippen LogP contribution in [-0.2, 0) is 4.79 Å². The first-order chi connectivity index (χ1) is 9.00. The summed E-state index contributed by atoms with van der Waals surface area (Å²) in [5.74, 6) is -1.28. The molecular formula is C12H16N4O3. The fraction of sp³-hybridized carbons (Fsp3) is 0.417. The fourth-order valence-electron chi connectivity index (χ4n) is 2.30. The molecule has 5 N–H and O–H groups in total. The van der Waals surface area contributed by atoms with Gasteiger partial charge in [-0.05, 0) is 18.9 Å². The van der Waals surface area contributed by atoms with Gasteiger partial charge in [0, 0.05) is 19.3 Å². The Balaban J connectivity index is 2.29. The Morgan fingerprint density at radius 1 is 1.47 bits per heavy atom. The SMILES string of the molecule is NC(=O)C1CCCN(c2nccc(C(=O)O)c2N)C1. The van der Waals surface area contributed by atoms with Gasteiger partial charge >= 0.3 is 5.97 Å². The normalized spacial score (nSPS) is 19.2. The quantitative estimate of drug-likeness (QED) is 0.709. The standard InChI is InChI=1S/C12H16N4O3/c13-9-8(12(18)19)3-4-15-11(9)16-5-1-2-7(6-16)10(14)17/h3-4,7H,1-2,5-6,13H2,(H2,14,17)(H,18,19). The summed E-state index contributed by atoms with van der Waals surface area (Å²) in [6, 6.07) is 1.36. The summed E-state index contributed by atoms with van der Waals surface area (Å²) >= 11 is 0. The second kappa shape index (κ2) is 5.13. The lowest BCUT2D eigenvalue weighted by Crippen LogP contribution is -2.41. The number of carbonyl (C=O) groups excluding carboxylic acids is 1. The first-order valence-corrected chi connectivity index (χ1v) is 6.02. The van der Waals surface area contributed by atoms with Crippen LogP contribution in [0.2, 0.25) is 0 Å². The van der Waals surface area contributed by atoms with Crippen molar-refractivity contribution in [2.24, 2.45) is 11.7 Å². The Hall–Kier alpha value is -2.31. The number of hydrogen-bond donors (Lipinski definition) is 3. The predicted molar refractivity (Wildman–Crippen MR) is 69.7 cm³/mol. The number of carboxylic acid groups (broad SMARTS) is 1. The Labute approximate surface area is 110 Å². The first kappa shape index (κ1) is 13.1. The number of pyridine rings is 1. The topological polar surface area (TPSA) is 123 Å². The van der Waals surface area contributed by atoms with Crippen molar-refractivity contribution in [1.82, 2.24) is 4.98 Å². The number of amides is 1. The highest BCUT2D eigenvalue weighted by Gasteiger charge is 2.26. The van der Waals surface area contributed by atoms with Gasteiger partial charge in [0.05, 0.1) is 17.2 Å². The van der Waals surface area contributed by atoms with E-state index < -0.39 is 5.97 Å². The molecule has 0 aliphatic carbocycles. The minimum absolute atomic E-state index is 0.0196. The number of aromatic nitrogens is 1. The lowest BCUT2D eigenvalue weighted by Gasteiger charge is -2.32. The van der Waals surface area contributed by atoms with Crippen LogP contribution in [0.3, 0.4) is 0 Å². The molecule has 7 heteroatoms. The number of carboxylic acids is 1. The highest BCUT2D eigenvalue weighted by Crippen LogP contribution is 2.28. The van der Waals surface area contributed by atoms with E-state index in [4.69, 9.17) is 16.6 Å². The molecule has 2 heterocycles. The summed E-state index contributed by atoms with van der Waals surface area (Å²) in [5, 5.41) is 9.03. The van der Waals surface area contributed by atoms with Gasteiger partial charge in [0.2, 0.25) is 5.91 Å². The van der Waals surface area contributed by atoms with Crippen molar-refractivity contribution < 1.29 is 14.7 Å². The number of rotatable bonds is 3. The molecule has 0 saturated carbocycles. The monoisotopic (exact) mass is 264 g/mol. The zero-order chi connectivity index (χ0) is 14.0. The maximum absolute atomic E-state index is 11.2. The highest BCUT2D eigenvalue weighted by atomic mass is 16.4. The van der Waals surface area contributed by atoms with Gasteiger partial charge in [0.1, 0.15) is 0 Å². The van der Waals surface area contributed by atoms with Gasteiger partial charge in [-0.1, -0.05) is 0 Å². The van der Waals surface area contributed by atoms with E-state index in [2.05, 4.69) is 4.98 Å². The fourth-order valence-corrected chi connectivity index (χ4v) is 2.30. The zero-order valence-corrected chi connectivity index (χ0v) is 10.4. The largest absolute Gasteiger partial charge is 0.478 e. The number of carbonyl (C=O) groups is 2. The molecule has 0 radical (unpaired) electrons. The van der Waals surface area contributed by atoms with E-state index in [0.29, 0.717) is 18.9 Å². The van der Waals surface area contributed by atoms with Crippen LogP contribution in [0.1, 0.15) is 23.2 Å². The summed E-state index contributed by atoms with van der Waals surface area (Å²) in [7, 11) is 0. The summed E-state index contributed by atoms with van der Waals surface area (Å²) in [6.45, 7) is 1.11. The number of nitrogen functional groups attached to an aromatic ring is 1. The molecule has 1 fully saturated rings. The van der Waals surface area contributed by atoms with E-state index in [0.717, 1.165) is 12.8 Å². The number of piperidine rings is 1. The van der Waals surface area contributed by atoms with Crippen LogP contribution in [0, 0.1) is 5.92 Å². The van der Waals surface area contributed by atoms with Gasteiger partial charge in [-0.15, -0.1) is 0 Å². The van der Waals surface area contributed by atoms with Crippen LogP contribution in [-0.4, -0.2) is 35.1 Å². The number of primary amides is 1. The van der Waals surface area contributed by atoms with Crippen LogP contribution >= 0.6 is 0 Å². The molecule has 1 unspecified atom stereocenters. The molecule has 1 atom stereocenters. The molecule has 1 saturated heterocycles. The minimum atomic E-state index is -1.09. The molecule has 0 aromatic carbocycles. The van der Waals surface area contributed by atoms with Crippen LogP contribution in [0.15, 0.2) is 12.3 Å². The number of nitrogens with zero attached hydrogens (tertiary/aromatic N) is 2. The Morgan fingerprint density at radius 2 is 2.21 bits per heavy atom. The smallest absolute Gasteiger partial charge is 0.337 e. The number of anilines is 2. The molecule has 1 aromatic rings. The Morgan fingerprint density at radius 3 is 2.84 bits per heavy atom. The molecule has 0 bridgehead atoms. The molecule has 102 valence electrons. The zero-order valence-electron chi connectivity index (χ0n) is 10.4. The van der Waals surface area contributed by atoms with Gasteiger partial charge in [0.25, 0.3) is 0 Å². The number of nitrogens with two attached hydrogens (primary N) is 2. The lowest BCUT2D eigenvalue weighted by atomic mass is 9.97. The van der Waals surface area contributed by atoms with E-state index in [-0.39, 0.29) is 23.1 Å². The molecule has 7 nitrogen and oxygen atoms in total. The molecule has 19 heavy (non-hydrogen) atoms. The number of aromatic carboxylic acids is 1. The summed E-state index contributed by atoms with van der Waals surface area (Å²) in [5.41, 5.74) is 11.3. The van der Waals surface area contributed by atoms with Crippen LogP contribution in [0.25, 0.3) is 0 Å². The molecular weight excluding hydrogens is 248 g/mol. The second-order valence-corrected chi connectivity index (χ2v) is 4.59. The van der Waals surface area contributed by atoms with Gasteiger partial charge in [-0.3, -0.25) is 4.79 Å². The van der Waals surface area contributed by atoms with Crippen LogP contribution < -0.4 is 16.4 Å². The van der Waals surface area contributed by atoms with Crippen molar-refractivity contribution in [2.45, 2.75) is 12.8 Å². The molecule has 1 amide bonds. The number of hydrogen-bond acceptors (Lipinski definition) is 5. The summed E-state index contributed by atoms with van der Waals surface area (Å²) in [6.07, 6.45) is 2.94. The third-order valence-corrected chi connectivity index (χ3v) is 3.32. The predicted octanol–water partition coefficient (Wildman–Crippen LogP) is 0.0637. The van der Waals surface area contributed by atoms with E-state index in [9.17, 15) is 9.59 Å². The maximum Gasteiger partial charge on any atom is 0.337 e. The summed E-state index contributed by atoms with van der Waals surface area (Å²) in [4.78, 5) is 28.2. The average Bonchev–Trinajstić information content (AvgIpc) is 2.38. The average molecular weight is 264 g/mol. The van der Waals surface area contributed by atoms with E-state index in [1.165, 1.54) is 12.3 Å². The van der Waals surface area contributed by atoms with E-state index in [1.807, 2.05) is 4.90 Å². The van der Waals surface area contributed by atoms with E-state index >= 15 is 0 Å². The Bertz CT molecular complexity index is 518. The molecule has 1 aromatic heterocycles. The minimum Gasteiger partial charge on any atom is -0.478 e. The highest BCUT2D eigenvalue weighted by molar-refractivity contribution is 5.96. The first-order valence-electron chi connectivity index (χ1n) is 6.02. The van der Waals surface area contributed by atoms with Crippen molar-refractivity contribution in [3.05, 3.63) is 17.8 Å². The Kier molecular flexibility index (Phi) is 3.55. The second-order valence-electron chi connectivity index (χ2n) is 4.59. The molecule has 1 aliphatic heterocycles. The van der Waals surface area contributed by atoms with Crippen molar-refractivity contribution in [2.75, 3.05) is 23.7 Å².